The predicted molar refractivity (Wildman–Crippen MR) is 62.6 cm³/mol. The molecule has 1 atom stereocenters. The van der Waals surface area contributed by atoms with Crippen molar-refractivity contribution in [2.75, 3.05) is 13.2 Å². The molecule has 0 aromatic heterocycles. The molecule has 0 bridgehead atoms. The third-order valence-corrected chi connectivity index (χ3v) is 2.85. The van der Waals surface area contributed by atoms with Gasteiger partial charge in [-0.05, 0) is 37.5 Å². The van der Waals surface area contributed by atoms with Crippen molar-refractivity contribution in [1.29, 1.82) is 0 Å². The first-order valence-corrected chi connectivity index (χ1v) is 5.93. The molecule has 1 aliphatic carbocycles. The van der Waals surface area contributed by atoms with Crippen LogP contribution in [-0.2, 0) is 4.74 Å². The Kier molecular flexibility index (Phi) is 3.78. The highest BCUT2D eigenvalue weighted by molar-refractivity contribution is 5.37. The number of halogens is 1. The van der Waals surface area contributed by atoms with Gasteiger partial charge in [0.25, 0.3) is 0 Å². The average molecular weight is 223 g/mol. The molecule has 88 valence electrons. The molecule has 1 heterocycles. The zero-order valence-corrected chi connectivity index (χ0v) is 9.63. The fraction of sp³-hybridized carbons (Fsp3) is 0.538. The van der Waals surface area contributed by atoms with E-state index >= 15 is 0 Å². The van der Waals surface area contributed by atoms with E-state index in [-0.39, 0.29) is 5.83 Å². The van der Waals surface area contributed by atoms with E-state index in [0.717, 1.165) is 31.4 Å². The number of nitrogens with one attached hydrogen (secondary N) is 1. The maximum atomic E-state index is 13.6. The Bertz CT molecular complexity index is 344. The van der Waals surface area contributed by atoms with Crippen molar-refractivity contribution in [3.8, 4) is 0 Å². The summed E-state index contributed by atoms with van der Waals surface area (Å²) in [5.41, 5.74) is 1.00. The smallest absolute Gasteiger partial charge is 0.165 e. The topological polar surface area (TPSA) is 21.3 Å². The molecule has 16 heavy (non-hydrogen) atoms. The van der Waals surface area contributed by atoms with Gasteiger partial charge in [0.2, 0.25) is 0 Å². The van der Waals surface area contributed by atoms with E-state index in [1.54, 1.807) is 0 Å². The molecular weight excluding hydrogens is 205 g/mol. The molecule has 0 amide bonds. The molecule has 3 heteroatoms. The molecule has 0 radical (unpaired) electrons. The molecule has 1 fully saturated rings. The minimum absolute atomic E-state index is 0.238. The minimum atomic E-state index is -0.238. The van der Waals surface area contributed by atoms with Crippen LogP contribution in [0.25, 0.3) is 0 Å². The SMILES string of the molecule is CCCNC1COC2=C(F)C=CCC=C2C1. The number of ether oxygens (including phenoxy) is 1. The predicted octanol–water partition coefficient (Wildman–Crippen LogP) is 2.84. The van der Waals surface area contributed by atoms with E-state index in [4.69, 9.17) is 4.74 Å². The van der Waals surface area contributed by atoms with E-state index in [9.17, 15) is 4.39 Å². The Morgan fingerprint density at radius 1 is 1.56 bits per heavy atom. The first kappa shape index (κ1) is 11.4. The number of hydrogen-bond acceptors (Lipinski definition) is 2. The lowest BCUT2D eigenvalue weighted by Gasteiger charge is -2.28. The molecule has 2 rings (SSSR count). The van der Waals surface area contributed by atoms with Crippen LogP contribution in [-0.4, -0.2) is 19.2 Å². The van der Waals surface area contributed by atoms with Crippen LogP contribution >= 0.6 is 0 Å². The van der Waals surface area contributed by atoms with Crippen LogP contribution in [0.15, 0.2) is 35.4 Å². The van der Waals surface area contributed by atoms with E-state index in [1.807, 2.05) is 6.08 Å². The number of rotatable bonds is 3. The highest BCUT2D eigenvalue weighted by atomic mass is 19.1. The minimum Gasteiger partial charge on any atom is -0.489 e. The lowest BCUT2D eigenvalue weighted by atomic mass is 10.0. The Balaban J connectivity index is 2.05. The fourth-order valence-electron chi connectivity index (χ4n) is 2.03. The summed E-state index contributed by atoms with van der Waals surface area (Å²) in [4.78, 5) is 0. The maximum Gasteiger partial charge on any atom is 0.165 e. The third-order valence-electron chi connectivity index (χ3n) is 2.85. The van der Waals surface area contributed by atoms with Crippen molar-refractivity contribution in [3.63, 3.8) is 0 Å². The molecule has 0 saturated carbocycles. The van der Waals surface area contributed by atoms with Gasteiger partial charge in [0.15, 0.2) is 11.6 Å². The van der Waals surface area contributed by atoms with Crippen LogP contribution in [0.2, 0.25) is 0 Å². The van der Waals surface area contributed by atoms with Crippen molar-refractivity contribution in [2.45, 2.75) is 32.2 Å². The third kappa shape index (κ3) is 2.53. The second kappa shape index (κ2) is 5.30. The van der Waals surface area contributed by atoms with Crippen LogP contribution in [0.1, 0.15) is 26.2 Å². The van der Waals surface area contributed by atoms with Crippen molar-refractivity contribution in [3.05, 3.63) is 35.4 Å². The number of fused-ring (bicyclic) bond motifs is 1. The highest BCUT2D eigenvalue weighted by Crippen LogP contribution is 2.29. The second-order valence-electron chi connectivity index (χ2n) is 4.21. The zero-order valence-electron chi connectivity index (χ0n) is 9.63. The number of hydrogen-bond donors (Lipinski definition) is 1. The highest BCUT2D eigenvalue weighted by Gasteiger charge is 2.24. The van der Waals surface area contributed by atoms with Gasteiger partial charge in [0.05, 0.1) is 0 Å². The van der Waals surface area contributed by atoms with Crippen molar-refractivity contribution < 1.29 is 9.13 Å². The summed E-state index contributed by atoms with van der Waals surface area (Å²) in [7, 11) is 0. The summed E-state index contributed by atoms with van der Waals surface area (Å²) in [6.07, 6.45) is 8.14. The van der Waals surface area contributed by atoms with E-state index in [0.29, 0.717) is 18.4 Å². The number of allylic oxidation sites excluding steroid dienone is 5. The summed E-state index contributed by atoms with van der Waals surface area (Å²) >= 11 is 0. The first-order valence-electron chi connectivity index (χ1n) is 5.93. The molecule has 1 saturated heterocycles. The molecule has 0 spiro atoms. The Morgan fingerprint density at radius 3 is 3.25 bits per heavy atom. The molecule has 2 nitrogen and oxygen atoms in total. The van der Waals surface area contributed by atoms with Crippen molar-refractivity contribution >= 4 is 0 Å². The van der Waals surface area contributed by atoms with Gasteiger partial charge in [-0.1, -0.05) is 19.1 Å². The van der Waals surface area contributed by atoms with E-state index in [1.165, 1.54) is 6.08 Å². The van der Waals surface area contributed by atoms with Gasteiger partial charge in [-0.2, -0.15) is 0 Å². The zero-order chi connectivity index (χ0) is 11.4. The first-order chi connectivity index (χ1) is 7.81. The summed E-state index contributed by atoms with van der Waals surface area (Å²) in [5.74, 6) is 0.209. The fourth-order valence-corrected chi connectivity index (χ4v) is 2.03. The van der Waals surface area contributed by atoms with Gasteiger partial charge in [0, 0.05) is 6.04 Å². The van der Waals surface area contributed by atoms with Gasteiger partial charge in [0.1, 0.15) is 6.61 Å². The lowest BCUT2D eigenvalue weighted by molar-refractivity contribution is 0.153. The monoisotopic (exact) mass is 223 g/mol. The normalized spacial score (nSPS) is 24.6. The summed E-state index contributed by atoms with van der Waals surface area (Å²) in [5, 5.41) is 3.41. The van der Waals surface area contributed by atoms with Gasteiger partial charge >= 0.3 is 0 Å². The Labute approximate surface area is 95.9 Å². The van der Waals surface area contributed by atoms with Crippen LogP contribution in [0.5, 0.6) is 0 Å². The van der Waals surface area contributed by atoms with Gasteiger partial charge in [-0.15, -0.1) is 0 Å². The molecule has 0 aromatic carbocycles. The van der Waals surface area contributed by atoms with Crippen LogP contribution < -0.4 is 5.32 Å². The molecule has 1 unspecified atom stereocenters. The van der Waals surface area contributed by atoms with Gasteiger partial charge < -0.3 is 10.1 Å². The second-order valence-corrected chi connectivity index (χ2v) is 4.21. The quantitative estimate of drug-likeness (QED) is 0.794. The summed E-state index contributed by atoms with van der Waals surface area (Å²) in [6.45, 7) is 3.69. The van der Waals surface area contributed by atoms with Crippen LogP contribution in [0.4, 0.5) is 4.39 Å². The molecular formula is C13H18FNO. The summed E-state index contributed by atoms with van der Waals surface area (Å²) < 4.78 is 19.1. The average Bonchev–Trinajstić information content (AvgIpc) is 2.49. The molecule has 1 aliphatic heterocycles. The molecule has 0 aromatic rings. The lowest BCUT2D eigenvalue weighted by Crippen LogP contribution is -2.37. The Hall–Kier alpha value is -1.09. The van der Waals surface area contributed by atoms with Crippen molar-refractivity contribution in [1.82, 2.24) is 5.32 Å². The molecule has 2 aliphatic rings. The van der Waals surface area contributed by atoms with Crippen molar-refractivity contribution in [2.24, 2.45) is 0 Å². The van der Waals surface area contributed by atoms with E-state index < -0.39 is 0 Å². The van der Waals surface area contributed by atoms with Crippen LogP contribution in [0, 0.1) is 0 Å². The Morgan fingerprint density at radius 2 is 2.44 bits per heavy atom. The summed E-state index contributed by atoms with van der Waals surface area (Å²) in [6, 6.07) is 0.320. The van der Waals surface area contributed by atoms with Gasteiger partial charge in [-0.25, -0.2) is 4.39 Å². The van der Waals surface area contributed by atoms with Gasteiger partial charge in [-0.3, -0.25) is 0 Å². The van der Waals surface area contributed by atoms with E-state index in [2.05, 4.69) is 18.3 Å². The maximum absolute atomic E-state index is 13.6. The largest absolute Gasteiger partial charge is 0.489 e. The van der Waals surface area contributed by atoms with Crippen LogP contribution in [0.3, 0.4) is 0 Å². The standard InChI is InChI=1S/C13H18FNO/c1-2-7-15-11-8-10-5-3-4-6-12(14)13(10)16-9-11/h4-6,11,15H,2-3,7-9H2,1H3. The molecule has 1 N–H and O–H groups in total.